The fourth-order valence-electron chi connectivity index (χ4n) is 2.11. The number of hydrogen-bond donors (Lipinski definition) is 1. The molecule has 0 aliphatic rings. The number of rotatable bonds is 3. The van der Waals surface area contributed by atoms with Gasteiger partial charge in [-0.2, -0.15) is 0 Å². The van der Waals surface area contributed by atoms with Crippen molar-refractivity contribution in [3.8, 4) is 11.1 Å². The van der Waals surface area contributed by atoms with Crippen LogP contribution >= 0.6 is 0 Å². The molecule has 0 bridgehead atoms. The monoisotopic (exact) mass is 257 g/mol. The molecule has 0 saturated carbocycles. The van der Waals surface area contributed by atoms with Crippen molar-refractivity contribution < 1.29 is 4.39 Å². The van der Waals surface area contributed by atoms with E-state index in [0.29, 0.717) is 5.56 Å². The molecule has 1 N–H and O–H groups in total. The summed E-state index contributed by atoms with van der Waals surface area (Å²) in [7, 11) is 1.91. The van der Waals surface area contributed by atoms with Crippen molar-refractivity contribution in [3.63, 3.8) is 0 Å². The molecule has 0 spiro atoms. The van der Waals surface area contributed by atoms with Gasteiger partial charge in [-0.3, -0.25) is 0 Å². The minimum absolute atomic E-state index is 0.171. The van der Waals surface area contributed by atoms with Crippen LogP contribution in [0.5, 0.6) is 0 Å². The summed E-state index contributed by atoms with van der Waals surface area (Å²) in [5.41, 5.74) is 5.11. The molecular formula is C17H20FN. The third-order valence-electron chi connectivity index (χ3n) is 3.74. The highest BCUT2D eigenvalue weighted by atomic mass is 19.1. The molecule has 2 aromatic rings. The molecular weight excluding hydrogens is 237 g/mol. The van der Waals surface area contributed by atoms with Crippen molar-refractivity contribution in [3.05, 3.63) is 58.9 Å². The third kappa shape index (κ3) is 2.85. The highest BCUT2D eigenvalue weighted by Gasteiger charge is 2.10. The SMILES string of the molecule is CNC(C)c1ccc(F)c(-c2ccc(C)c(C)c2)c1. The molecule has 0 aromatic heterocycles. The van der Waals surface area contributed by atoms with Gasteiger partial charge in [0.25, 0.3) is 0 Å². The lowest BCUT2D eigenvalue weighted by Crippen LogP contribution is -2.12. The number of halogens is 1. The zero-order valence-corrected chi connectivity index (χ0v) is 11.9. The molecule has 100 valence electrons. The first-order valence-corrected chi connectivity index (χ1v) is 6.57. The third-order valence-corrected chi connectivity index (χ3v) is 3.74. The lowest BCUT2D eigenvalue weighted by atomic mass is 9.97. The molecule has 0 radical (unpaired) electrons. The zero-order valence-electron chi connectivity index (χ0n) is 11.9. The Morgan fingerprint density at radius 3 is 2.37 bits per heavy atom. The Hall–Kier alpha value is -1.67. The van der Waals surface area contributed by atoms with Crippen molar-refractivity contribution in [1.29, 1.82) is 0 Å². The van der Waals surface area contributed by atoms with E-state index in [4.69, 9.17) is 0 Å². The summed E-state index contributed by atoms with van der Waals surface area (Å²) < 4.78 is 14.0. The molecule has 2 rings (SSSR count). The fraction of sp³-hybridized carbons (Fsp3) is 0.294. The van der Waals surface area contributed by atoms with Gasteiger partial charge < -0.3 is 5.32 Å². The second-order valence-corrected chi connectivity index (χ2v) is 5.05. The van der Waals surface area contributed by atoms with Crippen molar-refractivity contribution in [1.82, 2.24) is 5.32 Å². The van der Waals surface area contributed by atoms with Gasteiger partial charge in [0.05, 0.1) is 0 Å². The molecule has 0 aliphatic carbocycles. The summed E-state index contributed by atoms with van der Waals surface area (Å²) in [6, 6.07) is 11.6. The van der Waals surface area contributed by atoms with Gasteiger partial charge in [0.1, 0.15) is 5.82 Å². The van der Waals surface area contributed by atoms with E-state index in [1.165, 1.54) is 11.1 Å². The smallest absolute Gasteiger partial charge is 0.131 e. The van der Waals surface area contributed by atoms with Gasteiger partial charge in [-0.25, -0.2) is 4.39 Å². The van der Waals surface area contributed by atoms with E-state index in [9.17, 15) is 4.39 Å². The van der Waals surface area contributed by atoms with Gasteiger partial charge in [-0.05, 0) is 62.2 Å². The predicted octanol–water partition coefficient (Wildman–Crippen LogP) is 4.39. The maximum Gasteiger partial charge on any atom is 0.131 e. The standard InChI is InChI=1S/C17H20FN/c1-11-5-6-15(9-12(11)2)16-10-14(13(3)19-4)7-8-17(16)18/h5-10,13,19H,1-4H3. The molecule has 0 saturated heterocycles. The zero-order chi connectivity index (χ0) is 14.0. The van der Waals surface area contributed by atoms with E-state index >= 15 is 0 Å². The molecule has 0 amide bonds. The maximum absolute atomic E-state index is 14.0. The molecule has 0 heterocycles. The predicted molar refractivity (Wildman–Crippen MR) is 78.8 cm³/mol. The summed E-state index contributed by atoms with van der Waals surface area (Å²) >= 11 is 0. The van der Waals surface area contributed by atoms with Crippen LogP contribution in [0.25, 0.3) is 11.1 Å². The van der Waals surface area contributed by atoms with Crippen molar-refractivity contribution >= 4 is 0 Å². The van der Waals surface area contributed by atoms with Crippen LogP contribution < -0.4 is 5.32 Å². The van der Waals surface area contributed by atoms with Crippen LogP contribution in [-0.4, -0.2) is 7.05 Å². The van der Waals surface area contributed by atoms with Crippen molar-refractivity contribution in [2.75, 3.05) is 7.05 Å². The number of aryl methyl sites for hydroxylation is 2. The Bertz CT molecular complexity index is 590. The lowest BCUT2D eigenvalue weighted by molar-refractivity contribution is 0.622. The van der Waals surface area contributed by atoms with Crippen LogP contribution in [0.1, 0.15) is 29.7 Å². The molecule has 1 nitrogen and oxygen atoms in total. The van der Waals surface area contributed by atoms with E-state index in [2.05, 4.69) is 26.1 Å². The summed E-state index contributed by atoms with van der Waals surface area (Å²) in [5, 5.41) is 3.18. The Labute approximate surface area is 114 Å². The minimum Gasteiger partial charge on any atom is -0.313 e. The topological polar surface area (TPSA) is 12.0 Å². The first-order chi connectivity index (χ1) is 9.02. The second-order valence-electron chi connectivity index (χ2n) is 5.05. The van der Waals surface area contributed by atoms with Gasteiger partial charge >= 0.3 is 0 Å². The number of benzene rings is 2. The van der Waals surface area contributed by atoms with E-state index < -0.39 is 0 Å². The fourth-order valence-corrected chi connectivity index (χ4v) is 2.11. The van der Waals surface area contributed by atoms with Crippen LogP contribution in [0.2, 0.25) is 0 Å². The van der Waals surface area contributed by atoms with Crippen LogP contribution in [0.4, 0.5) is 4.39 Å². The Balaban J connectivity index is 2.51. The molecule has 0 aliphatic heterocycles. The molecule has 19 heavy (non-hydrogen) atoms. The second kappa shape index (κ2) is 5.54. The van der Waals surface area contributed by atoms with Crippen molar-refractivity contribution in [2.24, 2.45) is 0 Å². The van der Waals surface area contributed by atoms with Gasteiger partial charge in [0, 0.05) is 11.6 Å². The Morgan fingerprint density at radius 1 is 1.00 bits per heavy atom. The molecule has 1 unspecified atom stereocenters. The quantitative estimate of drug-likeness (QED) is 0.860. The first kappa shape index (κ1) is 13.8. The lowest BCUT2D eigenvalue weighted by Gasteiger charge is -2.13. The van der Waals surface area contributed by atoms with E-state index in [1.54, 1.807) is 6.07 Å². The maximum atomic E-state index is 14.0. The van der Waals surface area contributed by atoms with E-state index in [1.807, 2.05) is 37.4 Å². The van der Waals surface area contributed by atoms with Gasteiger partial charge in [-0.1, -0.05) is 24.3 Å². The largest absolute Gasteiger partial charge is 0.313 e. The number of nitrogens with one attached hydrogen (secondary N) is 1. The first-order valence-electron chi connectivity index (χ1n) is 6.57. The normalized spacial score (nSPS) is 12.5. The van der Waals surface area contributed by atoms with Crippen LogP contribution in [0, 0.1) is 19.7 Å². The van der Waals surface area contributed by atoms with Crippen LogP contribution in [0.15, 0.2) is 36.4 Å². The summed E-state index contributed by atoms with van der Waals surface area (Å²) in [6.07, 6.45) is 0. The van der Waals surface area contributed by atoms with Crippen LogP contribution in [0.3, 0.4) is 0 Å². The minimum atomic E-state index is -0.171. The summed E-state index contributed by atoms with van der Waals surface area (Å²) in [4.78, 5) is 0. The molecule has 1 atom stereocenters. The highest BCUT2D eigenvalue weighted by molar-refractivity contribution is 5.66. The molecule has 2 aromatic carbocycles. The highest BCUT2D eigenvalue weighted by Crippen LogP contribution is 2.27. The van der Waals surface area contributed by atoms with Gasteiger partial charge in [0.2, 0.25) is 0 Å². The average Bonchev–Trinajstić information content (AvgIpc) is 2.41. The summed E-state index contributed by atoms with van der Waals surface area (Å²) in [5.74, 6) is -0.171. The Morgan fingerprint density at radius 2 is 1.74 bits per heavy atom. The molecule has 2 heteroatoms. The van der Waals surface area contributed by atoms with Gasteiger partial charge in [-0.15, -0.1) is 0 Å². The number of hydrogen-bond acceptors (Lipinski definition) is 1. The van der Waals surface area contributed by atoms with Crippen molar-refractivity contribution in [2.45, 2.75) is 26.8 Å². The van der Waals surface area contributed by atoms with E-state index in [-0.39, 0.29) is 11.9 Å². The van der Waals surface area contributed by atoms with E-state index in [0.717, 1.165) is 11.1 Å². The summed E-state index contributed by atoms with van der Waals surface area (Å²) in [6.45, 7) is 6.18. The molecule has 0 fully saturated rings. The van der Waals surface area contributed by atoms with Crippen LogP contribution in [-0.2, 0) is 0 Å². The average molecular weight is 257 g/mol. The Kier molecular flexibility index (Phi) is 4.01. The van der Waals surface area contributed by atoms with Gasteiger partial charge in [0.15, 0.2) is 0 Å².